The number of sulfonamides is 1. The predicted molar refractivity (Wildman–Crippen MR) is 74.1 cm³/mol. The highest BCUT2D eigenvalue weighted by molar-refractivity contribution is 7.89. The number of aromatic nitrogens is 2. The van der Waals surface area contributed by atoms with Gasteiger partial charge in [-0.2, -0.15) is 14.7 Å². The van der Waals surface area contributed by atoms with Crippen LogP contribution in [-0.2, 0) is 10.0 Å². The summed E-state index contributed by atoms with van der Waals surface area (Å²) in [5.74, 6) is -1.32. The average molecular weight is 314 g/mol. The Labute approximate surface area is 123 Å². The SMILES string of the molecule is Cc1[nH]nc(S(=O)(=O)N(CCC#N)CC(C)C)c1C(=O)O. The van der Waals surface area contributed by atoms with Crippen LogP contribution in [0.4, 0.5) is 0 Å². The molecule has 0 spiro atoms. The number of aromatic amines is 1. The van der Waals surface area contributed by atoms with E-state index in [4.69, 9.17) is 10.4 Å². The van der Waals surface area contributed by atoms with E-state index < -0.39 is 21.0 Å². The first-order valence-corrected chi connectivity index (χ1v) is 7.81. The highest BCUT2D eigenvalue weighted by Crippen LogP contribution is 2.21. The second-order valence-electron chi connectivity index (χ2n) is 5.00. The lowest BCUT2D eigenvalue weighted by atomic mass is 10.2. The molecule has 1 aromatic heterocycles. The Morgan fingerprint density at radius 2 is 2.14 bits per heavy atom. The van der Waals surface area contributed by atoms with Gasteiger partial charge in [0, 0.05) is 25.2 Å². The molecule has 0 aliphatic carbocycles. The van der Waals surface area contributed by atoms with Gasteiger partial charge in [-0.1, -0.05) is 13.8 Å². The lowest BCUT2D eigenvalue weighted by Crippen LogP contribution is -2.36. The molecule has 1 heterocycles. The normalized spacial score (nSPS) is 11.8. The number of carbonyl (C=O) groups is 1. The molecule has 0 saturated carbocycles. The van der Waals surface area contributed by atoms with E-state index in [1.54, 1.807) is 0 Å². The van der Waals surface area contributed by atoms with Crippen LogP contribution in [-0.4, -0.2) is 47.1 Å². The van der Waals surface area contributed by atoms with E-state index >= 15 is 0 Å². The number of aryl methyl sites for hydroxylation is 1. The number of nitrogens with one attached hydrogen (secondary N) is 1. The first-order valence-electron chi connectivity index (χ1n) is 6.37. The predicted octanol–water partition coefficient (Wildman–Crippen LogP) is 0.977. The minimum absolute atomic E-state index is 0.00196. The molecule has 0 aliphatic heterocycles. The van der Waals surface area contributed by atoms with E-state index in [2.05, 4.69) is 10.2 Å². The van der Waals surface area contributed by atoms with Crippen molar-refractivity contribution < 1.29 is 18.3 Å². The molecule has 116 valence electrons. The van der Waals surface area contributed by atoms with Crippen molar-refractivity contribution in [2.45, 2.75) is 32.2 Å². The number of carboxylic acid groups (broad SMARTS) is 1. The lowest BCUT2D eigenvalue weighted by Gasteiger charge is -2.22. The summed E-state index contributed by atoms with van der Waals surface area (Å²) < 4.78 is 26.3. The summed E-state index contributed by atoms with van der Waals surface area (Å²) in [6.45, 7) is 5.31. The first-order chi connectivity index (χ1) is 9.71. The van der Waals surface area contributed by atoms with Crippen LogP contribution in [0.25, 0.3) is 0 Å². The number of nitriles is 1. The number of rotatable bonds is 7. The van der Waals surface area contributed by atoms with Crippen molar-refractivity contribution in [3.05, 3.63) is 11.3 Å². The van der Waals surface area contributed by atoms with E-state index in [-0.39, 0.29) is 36.7 Å². The standard InChI is InChI=1S/C12H18N4O4S/c1-8(2)7-16(6-4-5-13)21(19,20)11-10(12(17)18)9(3)14-15-11/h8H,4,6-7H2,1-3H3,(H,14,15)(H,17,18). The second-order valence-corrected chi connectivity index (χ2v) is 6.85. The van der Waals surface area contributed by atoms with Crippen LogP contribution >= 0.6 is 0 Å². The quantitative estimate of drug-likeness (QED) is 0.772. The van der Waals surface area contributed by atoms with Gasteiger partial charge in [-0.05, 0) is 12.8 Å². The molecule has 8 nitrogen and oxygen atoms in total. The van der Waals surface area contributed by atoms with Gasteiger partial charge >= 0.3 is 5.97 Å². The Balaban J connectivity index is 3.29. The topological polar surface area (TPSA) is 127 Å². The van der Waals surface area contributed by atoms with E-state index in [0.717, 1.165) is 4.31 Å². The maximum Gasteiger partial charge on any atom is 0.340 e. The van der Waals surface area contributed by atoms with Gasteiger partial charge in [0.15, 0.2) is 0 Å². The zero-order valence-electron chi connectivity index (χ0n) is 12.1. The maximum atomic E-state index is 12.6. The van der Waals surface area contributed by atoms with E-state index in [1.807, 2.05) is 19.9 Å². The van der Waals surface area contributed by atoms with Crippen LogP contribution < -0.4 is 0 Å². The van der Waals surface area contributed by atoms with Crippen molar-refractivity contribution in [2.75, 3.05) is 13.1 Å². The van der Waals surface area contributed by atoms with Crippen LogP contribution in [0, 0.1) is 24.2 Å². The van der Waals surface area contributed by atoms with Gasteiger partial charge in [-0.15, -0.1) is 0 Å². The third-order valence-electron chi connectivity index (χ3n) is 2.75. The number of carboxylic acids is 1. The molecule has 0 unspecified atom stereocenters. The van der Waals surface area contributed by atoms with Crippen molar-refractivity contribution in [3.8, 4) is 6.07 Å². The Hall–Kier alpha value is -1.92. The van der Waals surface area contributed by atoms with Crippen molar-refractivity contribution in [1.29, 1.82) is 5.26 Å². The molecule has 0 aromatic carbocycles. The van der Waals surface area contributed by atoms with Gasteiger partial charge in [0.05, 0.1) is 6.07 Å². The fraction of sp³-hybridized carbons (Fsp3) is 0.583. The molecule has 0 amide bonds. The van der Waals surface area contributed by atoms with Gasteiger partial charge in [-0.25, -0.2) is 13.2 Å². The van der Waals surface area contributed by atoms with Crippen molar-refractivity contribution in [2.24, 2.45) is 5.92 Å². The summed E-state index contributed by atoms with van der Waals surface area (Å²) >= 11 is 0. The summed E-state index contributed by atoms with van der Waals surface area (Å²) in [5, 5.41) is 23.3. The molecule has 0 radical (unpaired) electrons. The van der Waals surface area contributed by atoms with E-state index in [9.17, 15) is 13.2 Å². The number of hydrogen-bond donors (Lipinski definition) is 2. The summed E-state index contributed by atoms with van der Waals surface area (Å²) in [5.41, 5.74) is -0.188. The second kappa shape index (κ2) is 6.69. The Kier molecular flexibility index (Phi) is 5.46. The van der Waals surface area contributed by atoms with Gasteiger partial charge in [0.25, 0.3) is 10.0 Å². The maximum absolute atomic E-state index is 12.6. The van der Waals surface area contributed by atoms with Crippen LogP contribution in [0.15, 0.2) is 5.03 Å². The fourth-order valence-electron chi connectivity index (χ4n) is 1.86. The van der Waals surface area contributed by atoms with Crippen molar-refractivity contribution >= 4 is 16.0 Å². The van der Waals surface area contributed by atoms with E-state index in [0.29, 0.717) is 0 Å². The number of nitrogens with zero attached hydrogens (tertiary/aromatic N) is 3. The highest BCUT2D eigenvalue weighted by Gasteiger charge is 2.33. The molecule has 1 rings (SSSR count). The molecular formula is C12H18N4O4S. The average Bonchev–Trinajstić information content (AvgIpc) is 2.76. The van der Waals surface area contributed by atoms with Gasteiger partial charge in [0.1, 0.15) is 5.56 Å². The zero-order valence-corrected chi connectivity index (χ0v) is 12.9. The molecular weight excluding hydrogens is 296 g/mol. The van der Waals surface area contributed by atoms with Gasteiger partial charge in [0.2, 0.25) is 5.03 Å². The fourth-order valence-corrected chi connectivity index (χ4v) is 3.59. The molecule has 0 fully saturated rings. The highest BCUT2D eigenvalue weighted by atomic mass is 32.2. The van der Waals surface area contributed by atoms with Crippen LogP contribution in [0.3, 0.4) is 0 Å². The van der Waals surface area contributed by atoms with Crippen molar-refractivity contribution in [3.63, 3.8) is 0 Å². The molecule has 9 heteroatoms. The molecule has 0 bridgehead atoms. The minimum Gasteiger partial charge on any atom is -0.478 e. The Morgan fingerprint density at radius 1 is 1.52 bits per heavy atom. The zero-order chi connectivity index (χ0) is 16.2. The van der Waals surface area contributed by atoms with Crippen molar-refractivity contribution in [1.82, 2.24) is 14.5 Å². The number of hydrogen-bond acceptors (Lipinski definition) is 5. The molecule has 0 aliphatic rings. The number of H-pyrrole nitrogens is 1. The smallest absolute Gasteiger partial charge is 0.340 e. The summed E-state index contributed by atoms with van der Waals surface area (Å²) in [7, 11) is -4.06. The molecule has 0 atom stereocenters. The monoisotopic (exact) mass is 314 g/mol. The molecule has 1 aromatic rings. The third kappa shape index (κ3) is 3.80. The van der Waals surface area contributed by atoms with Gasteiger partial charge in [-0.3, -0.25) is 5.10 Å². The summed E-state index contributed by atoms with van der Waals surface area (Å²) in [4.78, 5) is 11.2. The Bertz CT molecular complexity index is 657. The lowest BCUT2D eigenvalue weighted by molar-refractivity contribution is 0.0691. The van der Waals surface area contributed by atoms with E-state index in [1.165, 1.54) is 6.92 Å². The number of aromatic carboxylic acids is 1. The molecule has 21 heavy (non-hydrogen) atoms. The Morgan fingerprint density at radius 3 is 2.62 bits per heavy atom. The largest absolute Gasteiger partial charge is 0.478 e. The van der Waals surface area contributed by atoms with Gasteiger partial charge < -0.3 is 5.11 Å². The van der Waals surface area contributed by atoms with Crippen LogP contribution in [0.5, 0.6) is 0 Å². The summed E-state index contributed by atoms with van der Waals surface area (Å²) in [6, 6.07) is 1.89. The van der Waals surface area contributed by atoms with Crippen LogP contribution in [0.1, 0.15) is 36.3 Å². The molecule has 2 N–H and O–H groups in total. The minimum atomic E-state index is -4.06. The first kappa shape index (κ1) is 17.1. The summed E-state index contributed by atoms with van der Waals surface area (Å²) in [6.07, 6.45) is 0.0256. The van der Waals surface area contributed by atoms with Crippen LogP contribution in [0.2, 0.25) is 0 Å². The molecule has 0 saturated heterocycles. The third-order valence-corrected chi connectivity index (χ3v) is 4.55.